The van der Waals surface area contributed by atoms with E-state index in [1.807, 2.05) is 0 Å². The van der Waals surface area contributed by atoms with Crippen LogP contribution < -0.4 is 5.32 Å². The summed E-state index contributed by atoms with van der Waals surface area (Å²) in [7, 11) is 2.09. The third-order valence-corrected chi connectivity index (χ3v) is 4.74. The predicted octanol–water partition coefficient (Wildman–Crippen LogP) is 3.89. The predicted molar refractivity (Wildman–Crippen MR) is 85.1 cm³/mol. The van der Waals surface area contributed by atoms with Crippen LogP contribution in [0.1, 0.15) is 56.3 Å². The van der Waals surface area contributed by atoms with Crippen molar-refractivity contribution in [3.05, 3.63) is 34.9 Å². The van der Waals surface area contributed by atoms with Crippen LogP contribution in [0.15, 0.2) is 18.2 Å². The molecule has 1 aromatic rings. The molecule has 112 valence electrons. The fourth-order valence-corrected chi connectivity index (χ4v) is 3.54. The number of hydrogen-bond acceptors (Lipinski definition) is 2. The summed E-state index contributed by atoms with van der Waals surface area (Å²) in [6, 6.07) is 7.42. The van der Waals surface area contributed by atoms with Crippen molar-refractivity contribution in [1.82, 2.24) is 5.32 Å². The molecular weight excluding hydrogens is 246 g/mol. The molecule has 1 aliphatic heterocycles. The maximum Gasteiger partial charge on any atom is 0.0619 e. The molecule has 3 atom stereocenters. The molecule has 1 N–H and O–H groups in total. The van der Waals surface area contributed by atoms with Crippen molar-refractivity contribution < 1.29 is 4.74 Å². The van der Waals surface area contributed by atoms with E-state index in [0.717, 1.165) is 25.9 Å². The van der Waals surface area contributed by atoms with E-state index >= 15 is 0 Å². The van der Waals surface area contributed by atoms with E-state index in [1.54, 1.807) is 0 Å². The van der Waals surface area contributed by atoms with Gasteiger partial charge in [-0.25, -0.2) is 0 Å². The SMILES string of the molecule is CCc1ccc(CC)c(C(NC)C2CCOC2CC)c1. The van der Waals surface area contributed by atoms with Crippen LogP contribution in [0, 0.1) is 5.92 Å². The Balaban J connectivity index is 2.34. The molecule has 1 aliphatic rings. The molecule has 0 amide bonds. The molecule has 1 heterocycles. The third kappa shape index (κ3) is 3.07. The highest BCUT2D eigenvalue weighted by molar-refractivity contribution is 5.35. The summed E-state index contributed by atoms with van der Waals surface area (Å²) >= 11 is 0. The third-order valence-electron chi connectivity index (χ3n) is 4.74. The molecule has 2 nitrogen and oxygen atoms in total. The molecule has 20 heavy (non-hydrogen) atoms. The Morgan fingerprint density at radius 1 is 1.25 bits per heavy atom. The van der Waals surface area contributed by atoms with Crippen LogP contribution in [0.3, 0.4) is 0 Å². The summed E-state index contributed by atoms with van der Waals surface area (Å²) in [5.41, 5.74) is 4.40. The van der Waals surface area contributed by atoms with Gasteiger partial charge in [-0.15, -0.1) is 0 Å². The van der Waals surface area contributed by atoms with Gasteiger partial charge >= 0.3 is 0 Å². The fraction of sp³-hybridized carbons (Fsp3) is 0.667. The number of rotatable bonds is 6. The van der Waals surface area contributed by atoms with Crippen molar-refractivity contribution >= 4 is 0 Å². The first-order valence-electron chi connectivity index (χ1n) is 8.15. The second-order valence-electron chi connectivity index (χ2n) is 5.78. The van der Waals surface area contributed by atoms with Crippen molar-refractivity contribution in [1.29, 1.82) is 0 Å². The average Bonchev–Trinajstić information content (AvgIpc) is 2.96. The van der Waals surface area contributed by atoms with Crippen LogP contribution in [-0.2, 0) is 17.6 Å². The summed E-state index contributed by atoms with van der Waals surface area (Å²) < 4.78 is 5.91. The van der Waals surface area contributed by atoms with Gasteiger partial charge in [-0.05, 0) is 49.4 Å². The molecule has 1 saturated heterocycles. The lowest BCUT2D eigenvalue weighted by Crippen LogP contribution is -2.31. The molecule has 0 radical (unpaired) electrons. The number of benzene rings is 1. The number of hydrogen-bond donors (Lipinski definition) is 1. The first-order chi connectivity index (χ1) is 9.74. The second kappa shape index (κ2) is 7.24. The Labute approximate surface area is 123 Å². The molecule has 2 rings (SSSR count). The summed E-state index contributed by atoms with van der Waals surface area (Å²) in [5.74, 6) is 0.599. The van der Waals surface area contributed by atoms with Gasteiger partial charge in [0, 0.05) is 18.6 Å². The highest BCUT2D eigenvalue weighted by atomic mass is 16.5. The lowest BCUT2D eigenvalue weighted by molar-refractivity contribution is 0.0781. The fourth-order valence-electron chi connectivity index (χ4n) is 3.54. The number of nitrogens with one attached hydrogen (secondary N) is 1. The van der Waals surface area contributed by atoms with Gasteiger partial charge in [0.2, 0.25) is 0 Å². The zero-order valence-electron chi connectivity index (χ0n) is 13.4. The Kier molecular flexibility index (Phi) is 5.62. The number of aryl methyl sites for hydroxylation is 2. The van der Waals surface area contributed by atoms with Crippen molar-refractivity contribution in [2.24, 2.45) is 5.92 Å². The van der Waals surface area contributed by atoms with Crippen molar-refractivity contribution in [3.63, 3.8) is 0 Å². The lowest BCUT2D eigenvalue weighted by Gasteiger charge is -2.29. The summed E-state index contributed by atoms with van der Waals surface area (Å²) in [6.45, 7) is 7.63. The zero-order valence-corrected chi connectivity index (χ0v) is 13.4. The quantitative estimate of drug-likeness (QED) is 0.850. The normalized spacial score (nSPS) is 24.0. The minimum Gasteiger partial charge on any atom is -0.378 e. The Morgan fingerprint density at radius 2 is 2.05 bits per heavy atom. The van der Waals surface area contributed by atoms with Crippen LogP contribution in [0.4, 0.5) is 0 Å². The van der Waals surface area contributed by atoms with Crippen LogP contribution >= 0.6 is 0 Å². The minimum absolute atomic E-state index is 0.405. The maximum absolute atomic E-state index is 5.91. The van der Waals surface area contributed by atoms with Crippen LogP contribution in [0.2, 0.25) is 0 Å². The van der Waals surface area contributed by atoms with Crippen LogP contribution in [0.5, 0.6) is 0 Å². The Hall–Kier alpha value is -0.860. The highest BCUT2D eigenvalue weighted by Crippen LogP contribution is 2.36. The number of ether oxygens (including phenoxy) is 1. The molecule has 0 aromatic heterocycles. The molecule has 2 heteroatoms. The molecule has 1 aromatic carbocycles. The Morgan fingerprint density at radius 3 is 2.65 bits per heavy atom. The standard InChI is InChI=1S/C18H29NO/c1-5-13-8-9-14(6-2)16(12-13)18(19-4)15-10-11-20-17(15)7-3/h8-9,12,15,17-19H,5-7,10-11H2,1-4H3. The minimum atomic E-state index is 0.405. The van der Waals surface area contributed by atoms with E-state index in [4.69, 9.17) is 4.74 Å². The smallest absolute Gasteiger partial charge is 0.0619 e. The first-order valence-corrected chi connectivity index (χ1v) is 8.15. The molecular formula is C18H29NO. The zero-order chi connectivity index (χ0) is 14.5. The van der Waals surface area contributed by atoms with Gasteiger partial charge in [-0.2, -0.15) is 0 Å². The van der Waals surface area contributed by atoms with E-state index in [2.05, 4.69) is 51.3 Å². The largest absolute Gasteiger partial charge is 0.378 e. The van der Waals surface area contributed by atoms with E-state index in [0.29, 0.717) is 18.1 Å². The topological polar surface area (TPSA) is 21.3 Å². The van der Waals surface area contributed by atoms with Gasteiger partial charge in [0.05, 0.1) is 6.10 Å². The van der Waals surface area contributed by atoms with Gasteiger partial charge in [-0.3, -0.25) is 0 Å². The summed E-state index contributed by atoms with van der Waals surface area (Å²) in [6.07, 6.45) is 4.89. The van der Waals surface area contributed by atoms with E-state index in [1.165, 1.54) is 23.1 Å². The highest BCUT2D eigenvalue weighted by Gasteiger charge is 2.34. The molecule has 0 saturated carbocycles. The van der Waals surface area contributed by atoms with Crippen molar-refractivity contribution in [2.75, 3.05) is 13.7 Å². The molecule has 3 unspecified atom stereocenters. The lowest BCUT2D eigenvalue weighted by atomic mass is 9.83. The Bertz CT molecular complexity index is 429. The summed E-state index contributed by atoms with van der Waals surface area (Å²) in [5, 5.41) is 3.57. The molecule has 1 fully saturated rings. The van der Waals surface area contributed by atoms with E-state index < -0.39 is 0 Å². The first kappa shape index (κ1) is 15.5. The van der Waals surface area contributed by atoms with Gasteiger partial charge in [0.15, 0.2) is 0 Å². The molecule has 0 aliphatic carbocycles. The average molecular weight is 275 g/mol. The van der Waals surface area contributed by atoms with Crippen molar-refractivity contribution in [2.45, 2.75) is 58.6 Å². The molecule has 0 spiro atoms. The van der Waals surface area contributed by atoms with E-state index in [9.17, 15) is 0 Å². The second-order valence-corrected chi connectivity index (χ2v) is 5.78. The molecule has 0 bridgehead atoms. The van der Waals surface area contributed by atoms with Crippen molar-refractivity contribution in [3.8, 4) is 0 Å². The van der Waals surface area contributed by atoms with Crippen LogP contribution in [-0.4, -0.2) is 19.8 Å². The van der Waals surface area contributed by atoms with Gasteiger partial charge in [0.1, 0.15) is 0 Å². The van der Waals surface area contributed by atoms with Crippen LogP contribution in [0.25, 0.3) is 0 Å². The van der Waals surface area contributed by atoms with Gasteiger partial charge in [-0.1, -0.05) is 39.0 Å². The van der Waals surface area contributed by atoms with E-state index in [-0.39, 0.29) is 0 Å². The maximum atomic E-state index is 5.91. The van der Waals surface area contributed by atoms with Gasteiger partial charge in [0.25, 0.3) is 0 Å². The monoisotopic (exact) mass is 275 g/mol. The van der Waals surface area contributed by atoms with Gasteiger partial charge < -0.3 is 10.1 Å². The summed E-state index contributed by atoms with van der Waals surface area (Å²) in [4.78, 5) is 0.